The summed E-state index contributed by atoms with van der Waals surface area (Å²) in [6.07, 6.45) is 0. The maximum Gasteiger partial charge on any atom is 0.244 e. The number of phenolic OH excluding ortho intramolecular Hbond substituents is 1. The van der Waals surface area contributed by atoms with E-state index in [-0.39, 0.29) is 5.75 Å². The van der Waals surface area contributed by atoms with Crippen LogP contribution in [-0.4, -0.2) is 11.0 Å². The molecule has 1 atom stereocenters. The van der Waals surface area contributed by atoms with E-state index in [1.165, 1.54) is 0 Å². The van der Waals surface area contributed by atoms with Crippen molar-refractivity contribution in [1.82, 2.24) is 0 Å². The number of primary amides is 1. The van der Waals surface area contributed by atoms with Gasteiger partial charge in [-0.25, -0.2) is 0 Å². The number of hydrogen-bond acceptors (Lipinski definition) is 3. The first-order valence-corrected chi connectivity index (χ1v) is 6.81. The predicted molar refractivity (Wildman–Crippen MR) is 84.3 cm³/mol. The predicted octanol–water partition coefficient (Wildman–Crippen LogP) is 2.96. The SMILES string of the molecule is Cc1ccc(NC(C(N)=O)c2cc(C)c(O)c(C)c2)cc1. The smallest absolute Gasteiger partial charge is 0.244 e. The lowest BCUT2D eigenvalue weighted by Crippen LogP contribution is -2.27. The van der Waals surface area contributed by atoms with Crippen LogP contribution in [-0.2, 0) is 4.79 Å². The molecule has 0 fully saturated rings. The molecule has 0 saturated heterocycles. The molecule has 0 radical (unpaired) electrons. The molecule has 110 valence electrons. The van der Waals surface area contributed by atoms with Gasteiger partial charge in [0.05, 0.1) is 0 Å². The van der Waals surface area contributed by atoms with E-state index in [1.807, 2.05) is 31.2 Å². The first kappa shape index (κ1) is 14.9. The monoisotopic (exact) mass is 284 g/mol. The maximum atomic E-state index is 11.8. The summed E-state index contributed by atoms with van der Waals surface area (Å²) < 4.78 is 0. The van der Waals surface area contributed by atoms with Crippen molar-refractivity contribution in [2.24, 2.45) is 5.73 Å². The Bertz CT molecular complexity index is 640. The summed E-state index contributed by atoms with van der Waals surface area (Å²) in [6, 6.07) is 10.7. The van der Waals surface area contributed by atoms with Crippen LogP contribution in [0.25, 0.3) is 0 Å². The highest BCUT2D eigenvalue weighted by molar-refractivity contribution is 5.84. The molecule has 21 heavy (non-hydrogen) atoms. The molecule has 0 aromatic heterocycles. The second kappa shape index (κ2) is 5.87. The number of anilines is 1. The van der Waals surface area contributed by atoms with Crippen molar-refractivity contribution in [1.29, 1.82) is 0 Å². The van der Waals surface area contributed by atoms with E-state index >= 15 is 0 Å². The van der Waals surface area contributed by atoms with Gasteiger partial charge >= 0.3 is 0 Å². The van der Waals surface area contributed by atoms with Crippen molar-refractivity contribution >= 4 is 11.6 Å². The molecule has 0 heterocycles. The highest BCUT2D eigenvalue weighted by Crippen LogP contribution is 2.28. The zero-order valence-corrected chi connectivity index (χ0v) is 12.5. The van der Waals surface area contributed by atoms with Crippen molar-refractivity contribution in [2.45, 2.75) is 26.8 Å². The zero-order chi connectivity index (χ0) is 15.6. The Kier molecular flexibility index (Phi) is 4.17. The van der Waals surface area contributed by atoms with Gasteiger partial charge in [-0.15, -0.1) is 0 Å². The highest BCUT2D eigenvalue weighted by Gasteiger charge is 2.19. The van der Waals surface area contributed by atoms with E-state index in [4.69, 9.17) is 5.73 Å². The first-order valence-electron chi connectivity index (χ1n) is 6.81. The van der Waals surface area contributed by atoms with E-state index in [0.717, 1.165) is 27.9 Å². The number of benzene rings is 2. The third kappa shape index (κ3) is 3.34. The summed E-state index contributed by atoms with van der Waals surface area (Å²) in [5.41, 5.74) is 9.69. The summed E-state index contributed by atoms with van der Waals surface area (Å²) in [4.78, 5) is 11.8. The molecule has 4 heteroatoms. The van der Waals surface area contributed by atoms with Crippen LogP contribution in [0.4, 0.5) is 5.69 Å². The molecule has 2 rings (SSSR count). The molecule has 4 nitrogen and oxygen atoms in total. The normalized spacial score (nSPS) is 12.0. The molecular formula is C17H20N2O2. The fraction of sp³-hybridized carbons (Fsp3) is 0.235. The molecule has 1 amide bonds. The zero-order valence-electron chi connectivity index (χ0n) is 12.5. The molecule has 2 aromatic rings. The number of carbonyl (C=O) groups is 1. The summed E-state index contributed by atoms with van der Waals surface area (Å²) in [5, 5.41) is 13.0. The molecule has 0 aliphatic carbocycles. The van der Waals surface area contributed by atoms with Crippen LogP contribution < -0.4 is 11.1 Å². The van der Waals surface area contributed by atoms with Crippen LogP contribution in [0.1, 0.15) is 28.3 Å². The second-order valence-corrected chi connectivity index (χ2v) is 5.35. The highest BCUT2D eigenvalue weighted by atomic mass is 16.3. The number of phenols is 1. The van der Waals surface area contributed by atoms with Crippen LogP contribution in [0, 0.1) is 20.8 Å². The van der Waals surface area contributed by atoms with Crippen molar-refractivity contribution in [3.63, 3.8) is 0 Å². The van der Waals surface area contributed by atoms with Crippen molar-refractivity contribution < 1.29 is 9.90 Å². The summed E-state index contributed by atoms with van der Waals surface area (Å²) in [6.45, 7) is 5.60. The van der Waals surface area contributed by atoms with Gasteiger partial charge in [0.15, 0.2) is 0 Å². The average Bonchev–Trinajstić information content (AvgIpc) is 2.43. The number of rotatable bonds is 4. The van der Waals surface area contributed by atoms with Gasteiger partial charge in [-0.05, 0) is 61.7 Å². The number of aryl methyl sites for hydroxylation is 3. The largest absolute Gasteiger partial charge is 0.507 e. The molecule has 0 aliphatic heterocycles. The second-order valence-electron chi connectivity index (χ2n) is 5.35. The number of nitrogens with two attached hydrogens (primary N) is 1. The summed E-state index contributed by atoms with van der Waals surface area (Å²) in [7, 11) is 0. The molecule has 1 unspecified atom stereocenters. The molecule has 4 N–H and O–H groups in total. The van der Waals surface area contributed by atoms with Crippen LogP contribution in [0.5, 0.6) is 5.75 Å². The number of nitrogens with one attached hydrogen (secondary N) is 1. The standard InChI is InChI=1S/C17H20N2O2/c1-10-4-6-14(7-5-10)19-15(17(18)21)13-8-11(2)16(20)12(3)9-13/h4-9,15,19-20H,1-3H3,(H2,18,21). The summed E-state index contributed by atoms with van der Waals surface area (Å²) >= 11 is 0. The molecule has 0 bridgehead atoms. The van der Waals surface area contributed by atoms with Gasteiger partial charge in [0.25, 0.3) is 0 Å². The third-order valence-electron chi connectivity index (χ3n) is 3.49. The molecule has 2 aromatic carbocycles. The minimum Gasteiger partial charge on any atom is -0.507 e. The van der Waals surface area contributed by atoms with Gasteiger partial charge in [-0.2, -0.15) is 0 Å². The number of amides is 1. The van der Waals surface area contributed by atoms with E-state index in [9.17, 15) is 9.90 Å². The lowest BCUT2D eigenvalue weighted by atomic mass is 9.99. The Morgan fingerprint density at radius 1 is 1.10 bits per heavy atom. The Morgan fingerprint density at radius 3 is 2.10 bits per heavy atom. The minimum atomic E-state index is -0.634. The fourth-order valence-electron chi connectivity index (χ4n) is 2.29. The molecule has 0 spiro atoms. The fourth-order valence-corrected chi connectivity index (χ4v) is 2.29. The third-order valence-corrected chi connectivity index (χ3v) is 3.49. The lowest BCUT2D eigenvalue weighted by Gasteiger charge is -2.19. The van der Waals surface area contributed by atoms with Crippen LogP contribution >= 0.6 is 0 Å². The number of aromatic hydroxyl groups is 1. The topological polar surface area (TPSA) is 75.3 Å². The van der Waals surface area contributed by atoms with Gasteiger partial charge in [0.1, 0.15) is 11.8 Å². The number of hydrogen-bond donors (Lipinski definition) is 3. The number of carbonyl (C=O) groups excluding carboxylic acids is 1. The molecular weight excluding hydrogens is 264 g/mol. The first-order chi connectivity index (χ1) is 9.88. The average molecular weight is 284 g/mol. The van der Waals surface area contributed by atoms with Crippen LogP contribution in [0.15, 0.2) is 36.4 Å². The Labute approximate surface area is 124 Å². The van der Waals surface area contributed by atoms with Gasteiger partial charge in [0, 0.05) is 5.69 Å². The minimum absolute atomic E-state index is 0.248. The van der Waals surface area contributed by atoms with E-state index in [0.29, 0.717) is 0 Å². The summed E-state index contributed by atoms with van der Waals surface area (Å²) in [5.74, 6) is -0.211. The van der Waals surface area contributed by atoms with Crippen LogP contribution in [0.2, 0.25) is 0 Å². The van der Waals surface area contributed by atoms with Crippen molar-refractivity contribution in [3.8, 4) is 5.75 Å². The Balaban J connectivity index is 2.35. The van der Waals surface area contributed by atoms with Crippen LogP contribution in [0.3, 0.4) is 0 Å². The van der Waals surface area contributed by atoms with Gasteiger partial charge < -0.3 is 16.2 Å². The van der Waals surface area contributed by atoms with E-state index < -0.39 is 11.9 Å². The molecule has 0 aliphatic rings. The maximum absolute atomic E-state index is 11.8. The van der Waals surface area contributed by atoms with Gasteiger partial charge in [-0.3, -0.25) is 4.79 Å². The van der Waals surface area contributed by atoms with Gasteiger partial charge in [-0.1, -0.05) is 17.7 Å². The van der Waals surface area contributed by atoms with Crippen molar-refractivity contribution in [2.75, 3.05) is 5.32 Å². The van der Waals surface area contributed by atoms with E-state index in [1.54, 1.807) is 26.0 Å². The quantitative estimate of drug-likeness (QED) is 0.808. The Morgan fingerprint density at radius 2 is 1.62 bits per heavy atom. The van der Waals surface area contributed by atoms with Gasteiger partial charge in [0.2, 0.25) is 5.91 Å². The lowest BCUT2D eigenvalue weighted by molar-refractivity contribution is -0.118. The van der Waals surface area contributed by atoms with Crippen molar-refractivity contribution in [3.05, 3.63) is 58.7 Å². The Hall–Kier alpha value is -2.49. The van der Waals surface area contributed by atoms with E-state index in [2.05, 4.69) is 5.32 Å². The molecule has 0 saturated carbocycles.